The van der Waals surface area contributed by atoms with Crippen LogP contribution in [0.3, 0.4) is 0 Å². The van der Waals surface area contributed by atoms with Crippen LogP contribution in [0.15, 0.2) is 46.1 Å². The lowest BCUT2D eigenvalue weighted by atomic mass is 9.98. The van der Waals surface area contributed by atoms with Crippen molar-refractivity contribution in [1.82, 2.24) is 24.0 Å². The van der Waals surface area contributed by atoms with Crippen molar-refractivity contribution in [2.24, 2.45) is 5.92 Å². The quantitative estimate of drug-likeness (QED) is 0.506. The Kier molecular flexibility index (Phi) is 6.85. The van der Waals surface area contributed by atoms with Gasteiger partial charge in [-0.3, -0.25) is 23.5 Å². The molecule has 0 saturated carbocycles. The lowest BCUT2D eigenvalue weighted by Crippen LogP contribution is -2.48. The highest BCUT2D eigenvalue weighted by molar-refractivity contribution is 5.79. The molecule has 1 amide bonds. The van der Waals surface area contributed by atoms with Gasteiger partial charge in [-0.15, -0.1) is 0 Å². The molecule has 0 radical (unpaired) electrons. The summed E-state index contributed by atoms with van der Waals surface area (Å²) >= 11 is 0. The van der Waals surface area contributed by atoms with Crippen LogP contribution in [0.25, 0.3) is 22.4 Å². The molecule has 0 bridgehead atoms. The van der Waals surface area contributed by atoms with Gasteiger partial charge in [-0.2, -0.15) is 0 Å². The van der Waals surface area contributed by atoms with E-state index in [0.717, 1.165) is 10.1 Å². The van der Waals surface area contributed by atoms with Crippen molar-refractivity contribution in [2.45, 2.75) is 39.8 Å². The normalized spacial score (nSPS) is 15.9. The predicted molar refractivity (Wildman–Crippen MR) is 125 cm³/mol. The van der Waals surface area contributed by atoms with Gasteiger partial charge >= 0.3 is 11.7 Å². The summed E-state index contributed by atoms with van der Waals surface area (Å²) in [6.45, 7) is 4.32. The number of hydrogen-bond acceptors (Lipinski definition) is 7. The maximum Gasteiger partial charge on any atom is 0.333 e. The van der Waals surface area contributed by atoms with E-state index in [2.05, 4.69) is 9.97 Å². The summed E-state index contributed by atoms with van der Waals surface area (Å²) in [5, 5.41) is 0.164. The number of benzene rings is 1. The smallest absolute Gasteiger partial charge is 0.333 e. The average Bonchev–Trinajstić information content (AvgIpc) is 2.87. The lowest BCUT2D eigenvalue weighted by molar-refractivity contribution is -0.151. The topological polar surface area (TPSA) is 116 Å². The Hall–Kier alpha value is -3.82. The van der Waals surface area contributed by atoms with Crippen LogP contribution >= 0.6 is 0 Å². The molecular weight excluding hydrogens is 438 g/mol. The fourth-order valence-electron chi connectivity index (χ4n) is 4.24. The number of hydrogen-bond donors (Lipinski definition) is 0. The molecule has 3 aromatic rings. The van der Waals surface area contributed by atoms with Crippen molar-refractivity contribution in [3.8, 4) is 11.4 Å². The van der Waals surface area contributed by atoms with E-state index in [4.69, 9.17) is 4.74 Å². The van der Waals surface area contributed by atoms with Gasteiger partial charge in [0.05, 0.1) is 12.5 Å². The van der Waals surface area contributed by atoms with Crippen LogP contribution in [-0.4, -0.2) is 55.6 Å². The maximum atomic E-state index is 13.2. The van der Waals surface area contributed by atoms with Crippen molar-refractivity contribution in [2.75, 3.05) is 19.7 Å². The molecule has 4 rings (SSSR count). The molecule has 178 valence electrons. The van der Waals surface area contributed by atoms with Crippen LogP contribution < -0.4 is 11.2 Å². The molecule has 1 aromatic carbocycles. The van der Waals surface area contributed by atoms with Gasteiger partial charge in [0.2, 0.25) is 5.91 Å². The van der Waals surface area contributed by atoms with Crippen LogP contribution in [-0.2, 0) is 27.4 Å². The number of piperidine rings is 1. The summed E-state index contributed by atoms with van der Waals surface area (Å²) in [4.78, 5) is 61.8. The van der Waals surface area contributed by atoms with E-state index < -0.39 is 29.6 Å². The van der Waals surface area contributed by atoms with E-state index in [1.807, 2.05) is 30.3 Å². The highest BCUT2D eigenvalue weighted by Gasteiger charge is 2.30. The molecular formula is C24H27N5O5. The van der Waals surface area contributed by atoms with E-state index in [-0.39, 0.29) is 36.7 Å². The molecule has 2 aromatic heterocycles. The molecule has 0 N–H and O–H groups in total. The number of amides is 1. The zero-order chi connectivity index (χ0) is 24.2. The second kappa shape index (κ2) is 9.98. The Morgan fingerprint density at radius 1 is 1.12 bits per heavy atom. The van der Waals surface area contributed by atoms with E-state index >= 15 is 0 Å². The molecule has 0 aliphatic carbocycles. The van der Waals surface area contributed by atoms with Crippen LogP contribution in [0.1, 0.15) is 26.7 Å². The van der Waals surface area contributed by atoms with Crippen LogP contribution in [0.2, 0.25) is 0 Å². The predicted octanol–water partition coefficient (Wildman–Crippen LogP) is 1.44. The zero-order valence-corrected chi connectivity index (χ0v) is 19.3. The van der Waals surface area contributed by atoms with Gasteiger partial charge in [0, 0.05) is 31.4 Å². The molecule has 1 fully saturated rings. The van der Waals surface area contributed by atoms with Crippen molar-refractivity contribution in [1.29, 1.82) is 0 Å². The summed E-state index contributed by atoms with van der Waals surface area (Å²) in [6.07, 6.45) is 2.69. The van der Waals surface area contributed by atoms with Gasteiger partial charge in [0.15, 0.2) is 11.5 Å². The minimum absolute atomic E-state index is 0.164. The molecule has 0 spiro atoms. The fourth-order valence-corrected chi connectivity index (χ4v) is 4.24. The third-order valence-corrected chi connectivity index (χ3v) is 6.00. The summed E-state index contributed by atoms with van der Waals surface area (Å²) < 4.78 is 7.38. The number of likely N-dealkylation sites (tertiary alicyclic amines) is 1. The average molecular weight is 466 g/mol. The Labute approximate surface area is 195 Å². The number of fused-ring (bicyclic) bond motifs is 1. The number of carbonyl (C=O) groups excluding carboxylic acids is 2. The van der Waals surface area contributed by atoms with E-state index in [0.29, 0.717) is 25.2 Å². The standard InChI is InChI=1S/C24H27N5O5/c1-3-28-21-18(13-25-20(26-21)16-9-6-5-7-10-16)22(31)29(24(28)33)15-19(30)27-12-8-11-17(14-27)23(32)34-4-2/h5-7,9-10,13,17H,3-4,8,11-12,14-15H2,1-2H3. The number of esters is 1. The first-order chi connectivity index (χ1) is 16.4. The summed E-state index contributed by atoms with van der Waals surface area (Å²) in [7, 11) is 0. The molecule has 1 unspecified atom stereocenters. The molecule has 10 heteroatoms. The highest BCUT2D eigenvalue weighted by atomic mass is 16.5. The maximum absolute atomic E-state index is 13.2. The molecule has 1 aliphatic rings. The molecule has 34 heavy (non-hydrogen) atoms. The fraction of sp³-hybridized carbons (Fsp3) is 0.417. The summed E-state index contributed by atoms with van der Waals surface area (Å²) in [6, 6.07) is 9.27. The number of carbonyl (C=O) groups is 2. The SMILES string of the molecule is CCOC(=O)C1CCCN(C(=O)Cn2c(=O)c3cnc(-c4ccccc4)nc3n(CC)c2=O)C1. The van der Waals surface area contributed by atoms with Crippen molar-refractivity contribution in [3.05, 3.63) is 57.4 Å². The van der Waals surface area contributed by atoms with E-state index in [1.165, 1.54) is 15.7 Å². The second-order valence-electron chi connectivity index (χ2n) is 8.15. The highest BCUT2D eigenvalue weighted by Crippen LogP contribution is 2.19. The minimum Gasteiger partial charge on any atom is -0.466 e. The number of nitrogens with zero attached hydrogens (tertiary/aromatic N) is 5. The monoisotopic (exact) mass is 465 g/mol. The Balaban J connectivity index is 1.67. The first-order valence-electron chi connectivity index (χ1n) is 11.4. The molecule has 3 heterocycles. The molecule has 10 nitrogen and oxygen atoms in total. The third-order valence-electron chi connectivity index (χ3n) is 6.00. The number of rotatable bonds is 6. The molecule has 1 atom stereocenters. The number of aryl methyl sites for hydroxylation is 1. The summed E-state index contributed by atoms with van der Waals surface area (Å²) in [5.74, 6) is -0.719. The number of ether oxygens (including phenoxy) is 1. The van der Waals surface area contributed by atoms with Gasteiger partial charge in [0.25, 0.3) is 5.56 Å². The van der Waals surface area contributed by atoms with Crippen molar-refractivity contribution < 1.29 is 14.3 Å². The first-order valence-corrected chi connectivity index (χ1v) is 11.4. The van der Waals surface area contributed by atoms with Gasteiger partial charge in [0.1, 0.15) is 11.9 Å². The zero-order valence-electron chi connectivity index (χ0n) is 19.3. The van der Waals surface area contributed by atoms with Crippen molar-refractivity contribution >= 4 is 22.9 Å². The van der Waals surface area contributed by atoms with Crippen molar-refractivity contribution in [3.63, 3.8) is 0 Å². The van der Waals surface area contributed by atoms with Gasteiger partial charge in [-0.1, -0.05) is 30.3 Å². The van der Waals surface area contributed by atoms with Crippen LogP contribution in [0.4, 0.5) is 0 Å². The van der Waals surface area contributed by atoms with Gasteiger partial charge < -0.3 is 9.64 Å². The van der Waals surface area contributed by atoms with E-state index in [9.17, 15) is 19.2 Å². The van der Waals surface area contributed by atoms with Gasteiger partial charge in [-0.25, -0.2) is 14.8 Å². The van der Waals surface area contributed by atoms with Crippen LogP contribution in [0.5, 0.6) is 0 Å². The Morgan fingerprint density at radius 3 is 2.59 bits per heavy atom. The Bertz CT molecular complexity index is 1330. The van der Waals surface area contributed by atoms with Gasteiger partial charge in [-0.05, 0) is 26.7 Å². The lowest BCUT2D eigenvalue weighted by Gasteiger charge is -2.31. The number of aromatic nitrogens is 4. The largest absolute Gasteiger partial charge is 0.466 e. The molecule has 1 aliphatic heterocycles. The van der Waals surface area contributed by atoms with Crippen LogP contribution in [0, 0.1) is 5.92 Å². The third kappa shape index (κ3) is 4.48. The van der Waals surface area contributed by atoms with E-state index in [1.54, 1.807) is 13.8 Å². The minimum atomic E-state index is -0.614. The molecule has 1 saturated heterocycles. The Morgan fingerprint density at radius 2 is 1.88 bits per heavy atom. The summed E-state index contributed by atoms with van der Waals surface area (Å²) in [5.41, 5.74) is -0.225. The first kappa shape index (κ1) is 23.3. The second-order valence-corrected chi connectivity index (χ2v) is 8.15.